The minimum Gasteiger partial charge on any atom is -0.494 e. The number of fused-ring (bicyclic) bond motifs is 1. The first-order chi connectivity index (χ1) is 20.3. The maximum absolute atomic E-state index is 13.8. The first kappa shape index (κ1) is 35.3. The molecule has 1 unspecified atom stereocenters. The number of hydrogen-bond acceptors (Lipinski definition) is 8. The number of benzene rings is 2. The molecule has 1 aliphatic heterocycles. The number of methoxy groups -OCH3 is 1. The lowest BCUT2D eigenvalue weighted by molar-refractivity contribution is -0.143. The van der Waals surface area contributed by atoms with Crippen LogP contribution < -0.4 is 26.0 Å². The molecule has 44 heavy (non-hydrogen) atoms. The van der Waals surface area contributed by atoms with Crippen molar-refractivity contribution < 1.29 is 19.1 Å². The van der Waals surface area contributed by atoms with Gasteiger partial charge in [0.2, 0.25) is 17.7 Å². The number of nitrogens with one attached hydrogen (secondary N) is 4. The molecule has 238 valence electrons. The van der Waals surface area contributed by atoms with Crippen LogP contribution in [0, 0.1) is 5.41 Å². The summed E-state index contributed by atoms with van der Waals surface area (Å²) in [5.41, 5.74) is 1.07. The number of carbonyl (C=O) groups is 3. The third-order valence-electron chi connectivity index (χ3n) is 7.46. The molecule has 2 aromatic carbocycles. The van der Waals surface area contributed by atoms with Crippen molar-refractivity contribution in [3.8, 4) is 5.75 Å². The van der Waals surface area contributed by atoms with Gasteiger partial charge in [-0.25, -0.2) is 9.97 Å². The highest BCUT2D eigenvalue weighted by Gasteiger charge is 2.42. The van der Waals surface area contributed by atoms with Crippen molar-refractivity contribution in [2.75, 3.05) is 31.3 Å². The van der Waals surface area contributed by atoms with Crippen LogP contribution in [0.3, 0.4) is 0 Å². The highest BCUT2D eigenvalue weighted by molar-refractivity contribution is 9.10. The Labute approximate surface area is 276 Å². The summed E-state index contributed by atoms with van der Waals surface area (Å²) >= 11 is 9.83. The number of halogens is 3. The summed E-state index contributed by atoms with van der Waals surface area (Å²) in [7, 11) is 3.19. The third-order valence-corrected chi connectivity index (χ3v) is 8.27. The molecular formula is C30H38BrCl2N7O4. The average Bonchev–Trinajstić information content (AvgIpc) is 3.46. The van der Waals surface area contributed by atoms with Crippen LogP contribution in [0.5, 0.6) is 5.75 Å². The zero-order valence-electron chi connectivity index (χ0n) is 25.5. The van der Waals surface area contributed by atoms with Crippen LogP contribution in [0.2, 0.25) is 5.02 Å². The van der Waals surface area contributed by atoms with Gasteiger partial charge in [0, 0.05) is 22.5 Å². The number of nitrogens with zero attached hydrogens (tertiary/aromatic N) is 3. The minimum absolute atomic E-state index is 0. The van der Waals surface area contributed by atoms with E-state index in [1.165, 1.54) is 13.4 Å². The smallest absolute Gasteiger partial charge is 0.247 e. The van der Waals surface area contributed by atoms with Crippen LogP contribution >= 0.6 is 39.9 Å². The van der Waals surface area contributed by atoms with Gasteiger partial charge in [-0.05, 0) is 56.5 Å². The Bertz CT molecular complexity index is 1540. The summed E-state index contributed by atoms with van der Waals surface area (Å²) < 4.78 is 6.43. The van der Waals surface area contributed by atoms with Crippen LogP contribution in [-0.4, -0.2) is 71.4 Å². The highest BCUT2D eigenvalue weighted by Crippen LogP contribution is 2.35. The Hall–Kier alpha value is -3.19. The van der Waals surface area contributed by atoms with Gasteiger partial charge in [-0.1, -0.05) is 48.3 Å². The Morgan fingerprint density at radius 3 is 2.50 bits per heavy atom. The second-order valence-electron chi connectivity index (χ2n) is 11.5. The van der Waals surface area contributed by atoms with Gasteiger partial charge in [-0.15, -0.1) is 12.4 Å². The third kappa shape index (κ3) is 7.90. The average molecular weight is 711 g/mol. The maximum atomic E-state index is 13.8. The Morgan fingerprint density at radius 2 is 1.86 bits per heavy atom. The van der Waals surface area contributed by atoms with Crippen molar-refractivity contribution >= 4 is 85.8 Å². The summed E-state index contributed by atoms with van der Waals surface area (Å²) in [5, 5.41) is 13.1. The zero-order chi connectivity index (χ0) is 31.5. The van der Waals surface area contributed by atoms with Gasteiger partial charge >= 0.3 is 0 Å². The Morgan fingerprint density at radius 1 is 1.14 bits per heavy atom. The molecule has 0 aliphatic carbocycles. The number of aromatic nitrogens is 2. The number of rotatable bonds is 9. The molecule has 1 fully saturated rings. The molecule has 4 N–H and O–H groups in total. The first-order valence-corrected chi connectivity index (χ1v) is 15.1. The molecule has 1 aromatic heterocycles. The maximum Gasteiger partial charge on any atom is 0.247 e. The van der Waals surface area contributed by atoms with Gasteiger partial charge in [0.05, 0.1) is 35.1 Å². The van der Waals surface area contributed by atoms with Crippen molar-refractivity contribution in [1.29, 1.82) is 0 Å². The van der Waals surface area contributed by atoms with E-state index in [0.29, 0.717) is 58.3 Å². The van der Waals surface area contributed by atoms with Crippen LogP contribution in [0.1, 0.15) is 40.5 Å². The zero-order valence-corrected chi connectivity index (χ0v) is 28.6. The summed E-state index contributed by atoms with van der Waals surface area (Å²) in [6, 6.07) is 6.90. The number of ether oxygens (including phenoxy) is 1. The van der Waals surface area contributed by atoms with Crippen molar-refractivity contribution in [3.05, 3.63) is 46.2 Å². The minimum atomic E-state index is -0.810. The summed E-state index contributed by atoms with van der Waals surface area (Å²) in [5.74, 6) is -0.0339. The molecular weight excluding hydrogens is 673 g/mol. The van der Waals surface area contributed by atoms with Crippen LogP contribution in [0.15, 0.2) is 41.1 Å². The molecule has 0 saturated carbocycles. The fraction of sp³-hybridized carbons (Fsp3) is 0.433. The SMILES string of the molecule is CN[C@@H](C)C(=O)N[C@H](C(=O)N1CCCC1C(=O)Nc1cc2c(Nc3ccc(Br)cc3Cl)ncnc2cc1OC)C(C)(C)C.Cl. The van der Waals surface area contributed by atoms with Crippen molar-refractivity contribution in [3.63, 3.8) is 0 Å². The molecule has 0 bridgehead atoms. The fourth-order valence-electron chi connectivity index (χ4n) is 4.90. The Kier molecular flexibility index (Phi) is 11.8. The van der Waals surface area contributed by atoms with E-state index in [2.05, 4.69) is 47.2 Å². The predicted octanol–water partition coefficient (Wildman–Crippen LogP) is 5.29. The molecule has 3 atom stereocenters. The number of amides is 3. The molecule has 14 heteroatoms. The van der Waals surface area contributed by atoms with Gasteiger partial charge < -0.3 is 30.9 Å². The second kappa shape index (κ2) is 14.7. The van der Waals surface area contributed by atoms with E-state index >= 15 is 0 Å². The van der Waals surface area contributed by atoms with Crippen molar-refractivity contribution in [2.45, 2.75) is 58.7 Å². The number of likely N-dealkylation sites (tertiary alicyclic amines) is 1. The molecule has 1 aliphatic rings. The van der Waals surface area contributed by atoms with Gasteiger partial charge in [0.15, 0.2) is 0 Å². The van der Waals surface area contributed by atoms with Crippen LogP contribution in [-0.2, 0) is 14.4 Å². The lowest BCUT2D eigenvalue weighted by Crippen LogP contribution is -2.59. The van der Waals surface area contributed by atoms with E-state index in [1.807, 2.05) is 32.9 Å². The van der Waals surface area contributed by atoms with Crippen LogP contribution in [0.25, 0.3) is 10.9 Å². The summed E-state index contributed by atoms with van der Waals surface area (Å²) in [6.45, 7) is 7.80. The van der Waals surface area contributed by atoms with Crippen molar-refractivity contribution in [1.82, 2.24) is 25.5 Å². The van der Waals surface area contributed by atoms with E-state index in [1.54, 1.807) is 37.1 Å². The summed E-state index contributed by atoms with van der Waals surface area (Å²) in [6.07, 6.45) is 2.58. The molecule has 1 saturated heterocycles. The number of carbonyl (C=O) groups excluding carboxylic acids is 3. The number of anilines is 3. The highest BCUT2D eigenvalue weighted by atomic mass is 79.9. The van der Waals surface area contributed by atoms with E-state index in [9.17, 15) is 14.4 Å². The lowest BCUT2D eigenvalue weighted by Gasteiger charge is -2.36. The Balaban J connectivity index is 0.00000529. The number of likely N-dealkylation sites (N-methyl/N-ethyl adjacent to an activating group) is 1. The predicted molar refractivity (Wildman–Crippen MR) is 179 cm³/mol. The topological polar surface area (TPSA) is 138 Å². The van der Waals surface area contributed by atoms with E-state index in [-0.39, 0.29) is 30.1 Å². The normalized spacial score (nSPS) is 16.1. The quantitative estimate of drug-likeness (QED) is 0.235. The van der Waals surface area contributed by atoms with Gasteiger partial charge in [0.25, 0.3) is 0 Å². The lowest BCUT2D eigenvalue weighted by atomic mass is 9.85. The largest absolute Gasteiger partial charge is 0.494 e. The second-order valence-corrected chi connectivity index (χ2v) is 12.9. The summed E-state index contributed by atoms with van der Waals surface area (Å²) in [4.78, 5) is 50.6. The fourth-order valence-corrected chi connectivity index (χ4v) is 5.62. The standard InChI is InChI=1S/C30H37BrClN7O4.ClH/c1-16(33-5)27(40)38-25(30(2,3)4)29(42)39-11-7-8-23(39)28(41)37-22-13-18-21(14-24(22)43-6)34-15-35-26(18)36-20-10-9-17(31)12-19(20)32;/h9-10,12-16,23,25,33H,7-8,11H2,1-6H3,(H,37,41)(H,38,40)(H,34,35,36);1H/t16-,23?,25+;/m0./s1. The van der Waals surface area contributed by atoms with E-state index in [0.717, 1.165) is 4.47 Å². The number of hydrogen-bond donors (Lipinski definition) is 4. The molecule has 2 heterocycles. The van der Waals surface area contributed by atoms with Gasteiger partial charge in [0.1, 0.15) is 30.0 Å². The molecule has 3 aromatic rings. The van der Waals surface area contributed by atoms with E-state index < -0.39 is 23.5 Å². The molecule has 0 spiro atoms. The molecule has 4 rings (SSSR count). The molecule has 0 radical (unpaired) electrons. The van der Waals surface area contributed by atoms with E-state index in [4.69, 9.17) is 16.3 Å². The molecule has 3 amide bonds. The van der Waals surface area contributed by atoms with Crippen LogP contribution in [0.4, 0.5) is 17.2 Å². The van der Waals surface area contributed by atoms with Gasteiger partial charge in [-0.3, -0.25) is 14.4 Å². The van der Waals surface area contributed by atoms with Crippen molar-refractivity contribution in [2.24, 2.45) is 5.41 Å². The first-order valence-electron chi connectivity index (χ1n) is 14.0. The van der Waals surface area contributed by atoms with Gasteiger partial charge in [-0.2, -0.15) is 0 Å². The monoisotopic (exact) mass is 709 g/mol. The molecule has 11 nitrogen and oxygen atoms in total.